The van der Waals surface area contributed by atoms with Crippen LogP contribution in [0.5, 0.6) is 0 Å². The van der Waals surface area contributed by atoms with Crippen LogP contribution in [-0.2, 0) is 11.2 Å². The highest BCUT2D eigenvalue weighted by atomic mass is 35.5. The first-order valence-corrected chi connectivity index (χ1v) is 10.1. The van der Waals surface area contributed by atoms with E-state index in [9.17, 15) is 4.79 Å². The molecule has 0 saturated heterocycles. The fourth-order valence-electron chi connectivity index (χ4n) is 3.26. The molecule has 0 radical (unpaired) electrons. The van der Waals surface area contributed by atoms with Crippen molar-refractivity contribution in [3.8, 4) is 10.6 Å². The van der Waals surface area contributed by atoms with Gasteiger partial charge in [-0.2, -0.15) is 0 Å². The first-order valence-electron chi connectivity index (χ1n) is 8.87. The number of carbonyl (C=O) groups excluding carboxylic acids is 1. The quantitative estimate of drug-likeness (QED) is 0.491. The van der Waals surface area contributed by atoms with E-state index < -0.39 is 5.60 Å². The molecule has 4 rings (SSSR count). The second kappa shape index (κ2) is 6.77. The molecule has 1 aliphatic rings. The summed E-state index contributed by atoms with van der Waals surface area (Å²) in [4.78, 5) is 23.3. The molecule has 3 heterocycles. The van der Waals surface area contributed by atoms with E-state index in [1.807, 2.05) is 32.9 Å². The normalized spacial score (nSPS) is 14.3. The predicted octanol–water partition coefficient (Wildman–Crippen LogP) is 5.70. The topological polar surface area (TPSA) is 55.3 Å². The van der Waals surface area contributed by atoms with Crippen LogP contribution in [0.2, 0.25) is 5.15 Å². The predicted molar refractivity (Wildman–Crippen MR) is 110 cm³/mol. The lowest BCUT2D eigenvalue weighted by molar-refractivity contribution is 0.0578. The Morgan fingerprint density at radius 1 is 1.33 bits per heavy atom. The van der Waals surface area contributed by atoms with Crippen molar-refractivity contribution in [1.82, 2.24) is 9.97 Å². The minimum absolute atomic E-state index is 0.305. The van der Waals surface area contributed by atoms with Crippen molar-refractivity contribution >= 4 is 44.9 Å². The average molecular weight is 402 g/mol. The minimum Gasteiger partial charge on any atom is -0.443 e. The van der Waals surface area contributed by atoms with Crippen LogP contribution in [0.4, 0.5) is 10.5 Å². The lowest BCUT2D eigenvalue weighted by Crippen LogP contribution is -2.39. The third kappa shape index (κ3) is 3.64. The number of hydrogen-bond donors (Lipinski definition) is 0. The maximum Gasteiger partial charge on any atom is 0.414 e. The number of halogens is 1. The van der Waals surface area contributed by atoms with Gasteiger partial charge in [-0.15, -0.1) is 11.3 Å². The number of fused-ring (bicyclic) bond motifs is 2. The Balaban J connectivity index is 1.76. The first-order chi connectivity index (χ1) is 12.8. The fraction of sp³-hybridized carbons (Fsp3) is 0.350. The molecule has 0 aliphatic carbocycles. The largest absolute Gasteiger partial charge is 0.443 e. The summed E-state index contributed by atoms with van der Waals surface area (Å²) < 4.78 is 6.58. The molecule has 0 spiro atoms. The van der Waals surface area contributed by atoms with Crippen LogP contribution < -0.4 is 4.90 Å². The molecule has 140 valence electrons. The second-order valence-corrected chi connectivity index (χ2v) is 8.95. The number of anilines is 1. The van der Waals surface area contributed by atoms with Crippen molar-refractivity contribution < 1.29 is 9.53 Å². The van der Waals surface area contributed by atoms with Crippen molar-refractivity contribution in [1.29, 1.82) is 0 Å². The Bertz CT molecular complexity index is 1030. The lowest BCUT2D eigenvalue weighted by Gasteiger charge is -2.32. The third-order valence-corrected chi connectivity index (χ3v) is 5.58. The minimum atomic E-state index is -0.522. The van der Waals surface area contributed by atoms with Crippen molar-refractivity contribution in [3.63, 3.8) is 0 Å². The monoisotopic (exact) mass is 401 g/mol. The molecule has 27 heavy (non-hydrogen) atoms. The van der Waals surface area contributed by atoms with Crippen LogP contribution in [0.25, 0.3) is 20.8 Å². The van der Waals surface area contributed by atoms with Crippen LogP contribution in [-0.4, -0.2) is 28.2 Å². The number of pyridine rings is 1. The molecular weight excluding hydrogens is 382 g/mol. The van der Waals surface area contributed by atoms with Gasteiger partial charge in [0.1, 0.15) is 15.8 Å². The molecule has 7 heteroatoms. The summed E-state index contributed by atoms with van der Waals surface area (Å²) in [6, 6.07) is 7.78. The van der Waals surface area contributed by atoms with Gasteiger partial charge in [0.2, 0.25) is 0 Å². The Morgan fingerprint density at radius 2 is 2.15 bits per heavy atom. The summed E-state index contributed by atoms with van der Waals surface area (Å²) >= 11 is 7.58. The van der Waals surface area contributed by atoms with E-state index in [1.54, 1.807) is 28.5 Å². The number of amides is 1. The van der Waals surface area contributed by atoms with Crippen molar-refractivity contribution in [2.24, 2.45) is 0 Å². The number of rotatable bonds is 1. The van der Waals surface area contributed by atoms with Crippen LogP contribution >= 0.6 is 22.9 Å². The molecule has 0 unspecified atom stereocenters. The number of aromatic nitrogens is 2. The van der Waals surface area contributed by atoms with Crippen molar-refractivity contribution in [3.05, 3.63) is 41.2 Å². The summed E-state index contributed by atoms with van der Waals surface area (Å²) in [6.45, 7) is 6.30. The number of hydrogen-bond acceptors (Lipinski definition) is 5. The third-order valence-electron chi connectivity index (χ3n) is 4.34. The molecule has 0 saturated carbocycles. The smallest absolute Gasteiger partial charge is 0.414 e. The van der Waals surface area contributed by atoms with Gasteiger partial charge in [0.25, 0.3) is 0 Å². The zero-order valence-electron chi connectivity index (χ0n) is 15.5. The van der Waals surface area contributed by atoms with Gasteiger partial charge in [-0.3, -0.25) is 4.90 Å². The van der Waals surface area contributed by atoms with Gasteiger partial charge in [0.05, 0.1) is 15.9 Å². The van der Waals surface area contributed by atoms with Crippen LogP contribution in [0.1, 0.15) is 32.8 Å². The molecule has 0 N–H and O–H groups in total. The highest BCUT2D eigenvalue weighted by Gasteiger charge is 2.29. The van der Waals surface area contributed by atoms with Gasteiger partial charge < -0.3 is 4.74 Å². The zero-order chi connectivity index (χ0) is 19.2. The SMILES string of the molecule is CC(C)(C)OC(=O)N1CCCc2c(-c3nc4cc(Cl)ncc4s3)cccc21. The van der Waals surface area contributed by atoms with Crippen molar-refractivity contribution in [2.75, 3.05) is 11.4 Å². The summed E-state index contributed by atoms with van der Waals surface area (Å²) in [5.41, 5.74) is 3.41. The van der Waals surface area contributed by atoms with Gasteiger partial charge in [0.15, 0.2) is 0 Å². The summed E-state index contributed by atoms with van der Waals surface area (Å²) in [6.07, 6.45) is 3.24. The van der Waals surface area contributed by atoms with E-state index >= 15 is 0 Å². The highest BCUT2D eigenvalue weighted by Crippen LogP contribution is 2.39. The maximum atomic E-state index is 12.7. The van der Waals surface area contributed by atoms with Gasteiger partial charge in [-0.1, -0.05) is 23.7 Å². The van der Waals surface area contributed by atoms with E-state index in [1.165, 1.54) is 0 Å². The number of thiazole rings is 1. The number of ether oxygens (including phenoxy) is 1. The molecule has 1 aromatic carbocycles. The molecule has 5 nitrogen and oxygen atoms in total. The Labute approximate surface area is 167 Å². The maximum absolute atomic E-state index is 12.7. The second-order valence-electron chi connectivity index (χ2n) is 7.53. The molecular formula is C20H20ClN3O2S. The highest BCUT2D eigenvalue weighted by molar-refractivity contribution is 7.21. The van der Waals surface area contributed by atoms with E-state index in [0.29, 0.717) is 11.7 Å². The van der Waals surface area contributed by atoms with Gasteiger partial charge in [0, 0.05) is 24.4 Å². The Morgan fingerprint density at radius 3 is 2.93 bits per heavy atom. The molecule has 0 bridgehead atoms. The van der Waals surface area contributed by atoms with Gasteiger partial charge in [-0.25, -0.2) is 14.8 Å². The first kappa shape index (κ1) is 18.2. The van der Waals surface area contributed by atoms with E-state index in [2.05, 4.69) is 11.1 Å². The zero-order valence-corrected chi connectivity index (χ0v) is 17.0. The standard InChI is InChI=1S/C20H20ClN3O2S/c1-20(2,3)26-19(25)24-9-5-7-12-13(6-4-8-15(12)24)18-23-14-10-17(21)22-11-16(14)27-18/h4,6,8,10-11H,5,7,9H2,1-3H3. The summed E-state index contributed by atoms with van der Waals surface area (Å²) in [5.74, 6) is 0. The molecule has 3 aromatic rings. The van der Waals surface area contributed by atoms with E-state index in [-0.39, 0.29) is 6.09 Å². The fourth-order valence-corrected chi connectivity index (χ4v) is 4.38. The lowest BCUT2D eigenvalue weighted by atomic mass is 9.96. The van der Waals surface area contributed by atoms with Gasteiger partial charge in [-0.05, 0) is 45.2 Å². The van der Waals surface area contributed by atoms with Crippen LogP contribution in [0.15, 0.2) is 30.5 Å². The summed E-state index contributed by atoms with van der Waals surface area (Å²) in [7, 11) is 0. The molecule has 1 amide bonds. The molecule has 1 aliphatic heterocycles. The van der Waals surface area contributed by atoms with E-state index in [0.717, 1.165) is 44.9 Å². The molecule has 2 aromatic heterocycles. The summed E-state index contributed by atoms with van der Waals surface area (Å²) in [5, 5.41) is 1.35. The number of benzene rings is 1. The Hall–Kier alpha value is -2.18. The van der Waals surface area contributed by atoms with Crippen LogP contribution in [0, 0.1) is 0 Å². The van der Waals surface area contributed by atoms with Crippen molar-refractivity contribution in [2.45, 2.75) is 39.2 Å². The molecule has 0 atom stereocenters. The number of carbonyl (C=O) groups is 1. The van der Waals surface area contributed by atoms with Gasteiger partial charge >= 0.3 is 6.09 Å². The van der Waals surface area contributed by atoms with E-state index in [4.69, 9.17) is 21.3 Å². The Kier molecular flexibility index (Phi) is 4.56. The number of nitrogens with zero attached hydrogens (tertiary/aromatic N) is 3. The van der Waals surface area contributed by atoms with Crippen LogP contribution in [0.3, 0.4) is 0 Å². The molecule has 0 fully saturated rings. The average Bonchev–Trinajstić information content (AvgIpc) is 3.02.